The first-order valence-corrected chi connectivity index (χ1v) is 8.80. The minimum absolute atomic E-state index is 0.209. The fraction of sp³-hybridized carbons (Fsp3) is 0.579. The van der Waals surface area contributed by atoms with Crippen molar-refractivity contribution in [3.05, 3.63) is 29.7 Å². The molecule has 0 radical (unpaired) electrons. The molecule has 0 bridgehead atoms. The molecule has 1 aliphatic heterocycles. The number of piperidine rings is 1. The van der Waals surface area contributed by atoms with Gasteiger partial charge in [-0.05, 0) is 24.8 Å². The molecular formula is C19H26N2O2. The first-order chi connectivity index (χ1) is 11.2. The van der Waals surface area contributed by atoms with Crippen LogP contribution in [0.2, 0.25) is 0 Å². The van der Waals surface area contributed by atoms with Gasteiger partial charge in [0.05, 0.1) is 6.42 Å². The van der Waals surface area contributed by atoms with E-state index in [9.17, 15) is 4.79 Å². The Morgan fingerprint density at radius 1 is 1.35 bits per heavy atom. The Morgan fingerprint density at radius 3 is 2.87 bits per heavy atom. The molecule has 2 heterocycles. The Morgan fingerprint density at radius 2 is 2.13 bits per heavy atom. The molecule has 2 aromatic rings. The Bertz CT molecular complexity index is 669. The zero-order valence-corrected chi connectivity index (χ0v) is 14.2. The van der Waals surface area contributed by atoms with E-state index in [4.69, 9.17) is 4.42 Å². The molecule has 3 rings (SSSR count). The van der Waals surface area contributed by atoms with Crippen molar-refractivity contribution < 1.29 is 9.21 Å². The first kappa shape index (κ1) is 16.0. The van der Waals surface area contributed by atoms with Crippen LogP contribution in [0.15, 0.2) is 22.6 Å². The van der Waals surface area contributed by atoms with Crippen LogP contribution in [0.1, 0.15) is 50.5 Å². The highest BCUT2D eigenvalue weighted by molar-refractivity contribution is 5.85. The largest absolute Gasteiger partial charge is 0.441 e. The second kappa shape index (κ2) is 7.16. The second-order valence-corrected chi connectivity index (χ2v) is 6.64. The molecule has 124 valence electrons. The summed E-state index contributed by atoms with van der Waals surface area (Å²) in [6, 6.07) is 5.85. The van der Waals surface area contributed by atoms with Gasteiger partial charge < -0.3 is 9.32 Å². The molecule has 1 saturated heterocycles. The summed E-state index contributed by atoms with van der Waals surface area (Å²) in [5, 5.41) is 0. The van der Waals surface area contributed by atoms with Crippen molar-refractivity contribution in [2.75, 3.05) is 13.1 Å². The van der Waals surface area contributed by atoms with Crippen molar-refractivity contribution in [2.24, 2.45) is 5.92 Å². The van der Waals surface area contributed by atoms with Crippen molar-refractivity contribution in [1.29, 1.82) is 0 Å². The van der Waals surface area contributed by atoms with Crippen LogP contribution in [0.4, 0.5) is 0 Å². The summed E-state index contributed by atoms with van der Waals surface area (Å²) in [5.41, 5.74) is 2.54. The zero-order chi connectivity index (χ0) is 16.2. The number of aryl methyl sites for hydroxylation is 1. The van der Waals surface area contributed by atoms with E-state index in [1.165, 1.54) is 19.3 Å². The summed E-state index contributed by atoms with van der Waals surface area (Å²) in [6.07, 6.45) is 6.60. The van der Waals surface area contributed by atoms with E-state index in [1.807, 2.05) is 30.0 Å². The molecule has 1 aromatic heterocycles. The summed E-state index contributed by atoms with van der Waals surface area (Å²) >= 11 is 0. The number of aromatic nitrogens is 1. The Hall–Kier alpha value is -1.84. The third-order valence-corrected chi connectivity index (χ3v) is 4.88. The molecule has 0 aliphatic carbocycles. The highest BCUT2D eigenvalue weighted by Crippen LogP contribution is 2.24. The third kappa shape index (κ3) is 3.74. The number of carbonyl (C=O) groups is 1. The third-order valence-electron chi connectivity index (χ3n) is 4.88. The Balaban J connectivity index is 1.61. The number of oxazole rings is 1. The quantitative estimate of drug-likeness (QED) is 0.834. The predicted molar refractivity (Wildman–Crippen MR) is 91.3 cm³/mol. The Labute approximate surface area is 137 Å². The van der Waals surface area contributed by atoms with Crippen LogP contribution >= 0.6 is 0 Å². The lowest BCUT2D eigenvalue weighted by molar-refractivity contribution is -0.131. The van der Waals surface area contributed by atoms with Crippen molar-refractivity contribution >= 4 is 17.0 Å². The monoisotopic (exact) mass is 314 g/mol. The normalized spacial score (nSPS) is 16.2. The number of nitrogens with zero attached hydrogens (tertiary/aromatic N) is 2. The maximum Gasteiger partial charge on any atom is 0.227 e. The van der Waals surface area contributed by atoms with Crippen LogP contribution in [0.5, 0.6) is 0 Å². The van der Waals surface area contributed by atoms with Crippen molar-refractivity contribution in [3.8, 4) is 0 Å². The number of hydrogen-bond donors (Lipinski definition) is 0. The molecule has 4 heteroatoms. The fourth-order valence-corrected chi connectivity index (χ4v) is 3.50. The number of hydrogen-bond acceptors (Lipinski definition) is 3. The number of likely N-dealkylation sites (tertiary alicyclic amines) is 1. The number of fused-ring (bicyclic) bond motifs is 1. The van der Waals surface area contributed by atoms with Gasteiger partial charge in [-0.1, -0.05) is 38.3 Å². The van der Waals surface area contributed by atoms with E-state index in [2.05, 4.69) is 11.9 Å². The molecule has 23 heavy (non-hydrogen) atoms. The van der Waals surface area contributed by atoms with Crippen molar-refractivity contribution in [1.82, 2.24) is 9.88 Å². The van der Waals surface area contributed by atoms with Gasteiger partial charge in [-0.25, -0.2) is 4.98 Å². The number of carbonyl (C=O) groups excluding carboxylic acids is 1. The van der Waals surface area contributed by atoms with Crippen LogP contribution in [0, 0.1) is 12.8 Å². The van der Waals surface area contributed by atoms with E-state index in [0.717, 1.165) is 48.5 Å². The molecule has 4 nitrogen and oxygen atoms in total. The number of amides is 1. The maximum atomic E-state index is 12.6. The van der Waals surface area contributed by atoms with Gasteiger partial charge in [0.25, 0.3) is 0 Å². The standard InChI is InChI=1S/C19H26N2O2/c1-3-4-6-15-9-11-21(12-10-15)18(22)13-16-7-5-8-17-19(16)23-14(2)20-17/h5,7-8,15H,3-4,6,9-13H2,1-2H3. The molecule has 1 aliphatic rings. The molecule has 1 amide bonds. The van der Waals surface area contributed by atoms with E-state index in [1.54, 1.807) is 0 Å². The molecular weight excluding hydrogens is 288 g/mol. The lowest BCUT2D eigenvalue weighted by Crippen LogP contribution is -2.39. The van der Waals surface area contributed by atoms with Crippen molar-refractivity contribution in [3.63, 3.8) is 0 Å². The minimum Gasteiger partial charge on any atom is -0.441 e. The average Bonchev–Trinajstić information content (AvgIpc) is 2.94. The summed E-state index contributed by atoms with van der Waals surface area (Å²) in [4.78, 5) is 19.0. The lowest BCUT2D eigenvalue weighted by atomic mass is 9.91. The van der Waals surface area contributed by atoms with Gasteiger partial charge in [-0.2, -0.15) is 0 Å². The molecule has 1 aromatic carbocycles. The van der Waals surface area contributed by atoms with E-state index < -0.39 is 0 Å². The highest BCUT2D eigenvalue weighted by Gasteiger charge is 2.23. The van der Waals surface area contributed by atoms with E-state index in [-0.39, 0.29) is 5.91 Å². The molecule has 0 saturated carbocycles. The van der Waals surface area contributed by atoms with Gasteiger partial charge in [-0.15, -0.1) is 0 Å². The molecule has 0 spiro atoms. The van der Waals surface area contributed by atoms with Crippen LogP contribution < -0.4 is 0 Å². The number of unbranched alkanes of at least 4 members (excludes halogenated alkanes) is 1. The number of benzene rings is 1. The van der Waals surface area contributed by atoms with Gasteiger partial charge in [-0.3, -0.25) is 4.79 Å². The summed E-state index contributed by atoms with van der Waals surface area (Å²) in [6.45, 7) is 5.88. The van der Waals surface area contributed by atoms with Gasteiger partial charge in [0.15, 0.2) is 11.5 Å². The molecule has 0 atom stereocenters. The van der Waals surface area contributed by atoms with Crippen LogP contribution in [-0.2, 0) is 11.2 Å². The summed E-state index contributed by atoms with van der Waals surface area (Å²) in [5.74, 6) is 1.66. The van der Waals surface area contributed by atoms with Crippen LogP contribution in [0.3, 0.4) is 0 Å². The van der Waals surface area contributed by atoms with Gasteiger partial charge in [0, 0.05) is 25.6 Å². The average molecular weight is 314 g/mol. The fourth-order valence-electron chi connectivity index (χ4n) is 3.50. The molecule has 0 N–H and O–H groups in total. The predicted octanol–water partition coefficient (Wildman–Crippen LogP) is 4.11. The lowest BCUT2D eigenvalue weighted by Gasteiger charge is -2.32. The number of para-hydroxylation sites is 1. The molecule has 0 unspecified atom stereocenters. The van der Waals surface area contributed by atoms with Gasteiger partial charge in [0.2, 0.25) is 5.91 Å². The zero-order valence-electron chi connectivity index (χ0n) is 14.2. The second-order valence-electron chi connectivity index (χ2n) is 6.64. The smallest absolute Gasteiger partial charge is 0.227 e. The summed E-state index contributed by atoms with van der Waals surface area (Å²) in [7, 11) is 0. The first-order valence-electron chi connectivity index (χ1n) is 8.80. The minimum atomic E-state index is 0.209. The van der Waals surface area contributed by atoms with Crippen molar-refractivity contribution in [2.45, 2.75) is 52.4 Å². The topological polar surface area (TPSA) is 46.3 Å². The van der Waals surface area contributed by atoms with Gasteiger partial charge >= 0.3 is 0 Å². The summed E-state index contributed by atoms with van der Waals surface area (Å²) < 4.78 is 5.67. The van der Waals surface area contributed by atoms with E-state index >= 15 is 0 Å². The van der Waals surface area contributed by atoms with E-state index in [0.29, 0.717) is 12.3 Å². The Kier molecular flexibility index (Phi) is 4.99. The number of rotatable bonds is 5. The SMILES string of the molecule is CCCCC1CCN(C(=O)Cc2cccc3nc(C)oc23)CC1. The highest BCUT2D eigenvalue weighted by atomic mass is 16.3. The van der Waals surface area contributed by atoms with Crippen LogP contribution in [-0.4, -0.2) is 28.9 Å². The maximum absolute atomic E-state index is 12.6. The molecule has 1 fully saturated rings. The van der Waals surface area contributed by atoms with Gasteiger partial charge in [0.1, 0.15) is 5.52 Å². The van der Waals surface area contributed by atoms with Crippen LogP contribution in [0.25, 0.3) is 11.1 Å².